The molecular weight excluding hydrogens is 432 g/mol. The summed E-state index contributed by atoms with van der Waals surface area (Å²) in [7, 11) is 1.64. The van der Waals surface area contributed by atoms with Gasteiger partial charge in [-0.05, 0) is 42.5 Å². The number of methoxy groups -OCH3 is 1. The van der Waals surface area contributed by atoms with E-state index < -0.39 is 0 Å². The Labute approximate surface area is 171 Å². The summed E-state index contributed by atoms with van der Waals surface area (Å²) in [6.45, 7) is 0.740. The summed E-state index contributed by atoms with van der Waals surface area (Å²) < 4.78 is 18.0. The largest absolute Gasteiger partial charge is 0.497 e. The predicted octanol–water partition coefficient (Wildman–Crippen LogP) is 3.76. The quantitative estimate of drug-likeness (QED) is 0.642. The van der Waals surface area contributed by atoms with E-state index >= 15 is 0 Å². The third kappa shape index (κ3) is 4.02. The molecule has 0 amide bonds. The molecule has 1 aliphatic heterocycles. The Bertz CT molecular complexity index is 982. The number of hydrogen-bond donors (Lipinski definition) is 1. The van der Waals surface area contributed by atoms with Crippen LogP contribution in [-0.4, -0.2) is 30.2 Å². The Hall–Kier alpha value is -2.29. The van der Waals surface area contributed by atoms with Gasteiger partial charge in [0.25, 0.3) is 0 Å². The standard InChI is InChI=1S/C19H18N2O4S.BrH/c1-23-15-5-3-14(4-6-15)20-19-21(8-9-22)16(11-26-19)13-2-7-17-18(10-13)25-12-24-17;/h2-7,10-11,22H,8-9,12H2,1H3;1H. The number of fused-ring (bicyclic) bond motifs is 1. The maximum Gasteiger partial charge on any atom is 0.231 e. The summed E-state index contributed by atoms with van der Waals surface area (Å²) in [5.41, 5.74) is 2.81. The van der Waals surface area contributed by atoms with Crippen molar-refractivity contribution in [2.45, 2.75) is 6.54 Å². The second kappa shape index (κ2) is 8.60. The number of aliphatic hydroxyl groups is 1. The van der Waals surface area contributed by atoms with Crippen LogP contribution in [0.15, 0.2) is 52.8 Å². The first-order chi connectivity index (χ1) is 12.8. The van der Waals surface area contributed by atoms with Crippen LogP contribution in [0.2, 0.25) is 0 Å². The lowest BCUT2D eigenvalue weighted by Gasteiger charge is -2.08. The first-order valence-electron chi connectivity index (χ1n) is 8.16. The number of nitrogens with zero attached hydrogens (tertiary/aromatic N) is 2. The van der Waals surface area contributed by atoms with Crippen LogP contribution < -0.4 is 19.0 Å². The van der Waals surface area contributed by atoms with Gasteiger partial charge >= 0.3 is 0 Å². The normalized spacial score (nSPS) is 12.7. The minimum absolute atomic E-state index is 0. The fraction of sp³-hybridized carbons (Fsp3) is 0.211. The summed E-state index contributed by atoms with van der Waals surface area (Å²) in [6, 6.07) is 13.4. The molecule has 0 saturated carbocycles. The predicted molar refractivity (Wildman–Crippen MR) is 109 cm³/mol. The van der Waals surface area contributed by atoms with Crippen molar-refractivity contribution in [2.24, 2.45) is 4.99 Å². The summed E-state index contributed by atoms with van der Waals surface area (Å²) in [5.74, 6) is 2.28. The first-order valence-corrected chi connectivity index (χ1v) is 9.04. The maximum atomic E-state index is 9.50. The van der Waals surface area contributed by atoms with Gasteiger partial charge in [0.1, 0.15) is 5.75 Å². The Morgan fingerprint density at radius 2 is 1.93 bits per heavy atom. The molecular formula is C19H19BrN2O4S. The molecule has 4 rings (SSSR count). The molecule has 6 nitrogen and oxygen atoms in total. The molecule has 142 valence electrons. The van der Waals surface area contributed by atoms with Gasteiger partial charge in [0.15, 0.2) is 16.3 Å². The average molecular weight is 451 g/mol. The van der Waals surface area contributed by atoms with E-state index in [0.29, 0.717) is 6.54 Å². The highest BCUT2D eigenvalue weighted by molar-refractivity contribution is 8.93. The van der Waals surface area contributed by atoms with Crippen molar-refractivity contribution in [3.8, 4) is 28.5 Å². The van der Waals surface area contributed by atoms with Gasteiger partial charge in [0, 0.05) is 17.5 Å². The molecule has 0 spiro atoms. The third-order valence-electron chi connectivity index (χ3n) is 4.09. The van der Waals surface area contributed by atoms with E-state index in [-0.39, 0.29) is 30.4 Å². The lowest BCUT2D eigenvalue weighted by molar-refractivity contribution is 0.174. The molecule has 0 radical (unpaired) electrons. The van der Waals surface area contributed by atoms with E-state index in [1.165, 1.54) is 11.3 Å². The highest BCUT2D eigenvalue weighted by Gasteiger charge is 2.16. The smallest absolute Gasteiger partial charge is 0.231 e. The minimum Gasteiger partial charge on any atom is -0.497 e. The highest BCUT2D eigenvalue weighted by Crippen LogP contribution is 2.36. The molecule has 8 heteroatoms. The number of hydrogen-bond acceptors (Lipinski definition) is 6. The number of aromatic nitrogens is 1. The molecule has 0 aliphatic carbocycles. The summed E-state index contributed by atoms with van der Waals surface area (Å²) in [5, 5.41) is 11.5. The maximum absolute atomic E-state index is 9.50. The highest BCUT2D eigenvalue weighted by atomic mass is 79.9. The molecule has 2 aromatic carbocycles. The Morgan fingerprint density at radius 1 is 1.15 bits per heavy atom. The van der Waals surface area contributed by atoms with Gasteiger partial charge in [0.05, 0.1) is 25.1 Å². The van der Waals surface area contributed by atoms with Gasteiger partial charge in [-0.1, -0.05) is 0 Å². The summed E-state index contributed by atoms with van der Waals surface area (Å²) >= 11 is 1.53. The lowest BCUT2D eigenvalue weighted by Crippen LogP contribution is -2.17. The van der Waals surface area contributed by atoms with Crippen molar-refractivity contribution >= 4 is 34.0 Å². The molecule has 0 fully saturated rings. The monoisotopic (exact) mass is 450 g/mol. The average Bonchev–Trinajstić information content (AvgIpc) is 3.29. The molecule has 3 aromatic rings. The topological polar surface area (TPSA) is 65.2 Å². The van der Waals surface area contributed by atoms with E-state index in [9.17, 15) is 5.11 Å². The molecule has 0 saturated heterocycles. The fourth-order valence-electron chi connectivity index (χ4n) is 2.79. The van der Waals surface area contributed by atoms with Gasteiger partial charge < -0.3 is 23.9 Å². The van der Waals surface area contributed by atoms with Crippen LogP contribution >= 0.6 is 28.3 Å². The minimum atomic E-state index is 0. The molecule has 27 heavy (non-hydrogen) atoms. The molecule has 2 heterocycles. The van der Waals surface area contributed by atoms with Crippen LogP contribution in [0, 0.1) is 0 Å². The molecule has 0 atom stereocenters. The van der Waals surface area contributed by atoms with Crippen LogP contribution in [-0.2, 0) is 6.54 Å². The SMILES string of the molecule is Br.COc1ccc(N=c2scc(-c3ccc4c(c3)OCO4)n2CCO)cc1. The number of ether oxygens (including phenoxy) is 3. The lowest BCUT2D eigenvalue weighted by atomic mass is 10.1. The van der Waals surface area contributed by atoms with Crippen molar-refractivity contribution in [1.82, 2.24) is 4.57 Å². The van der Waals surface area contributed by atoms with Crippen molar-refractivity contribution in [3.63, 3.8) is 0 Å². The van der Waals surface area contributed by atoms with Gasteiger partial charge in [-0.2, -0.15) is 0 Å². The Kier molecular flexibility index (Phi) is 6.20. The number of aliphatic hydroxyl groups excluding tert-OH is 1. The summed E-state index contributed by atoms with van der Waals surface area (Å²) in [4.78, 5) is 5.53. The molecule has 0 unspecified atom stereocenters. The number of thiazole rings is 1. The zero-order valence-electron chi connectivity index (χ0n) is 14.6. The van der Waals surface area contributed by atoms with Crippen molar-refractivity contribution in [2.75, 3.05) is 20.5 Å². The Morgan fingerprint density at radius 3 is 2.67 bits per heavy atom. The fourth-order valence-corrected chi connectivity index (χ4v) is 3.74. The Balaban J connectivity index is 0.00000210. The zero-order chi connectivity index (χ0) is 17.9. The van der Waals surface area contributed by atoms with Crippen molar-refractivity contribution < 1.29 is 19.3 Å². The van der Waals surface area contributed by atoms with Crippen LogP contribution in [0.5, 0.6) is 17.2 Å². The zero-order valence-corrected chi connectivity index (χ0v) is 17.2. The van der Waals surface area contributed by atoms with Gasteiger partial charge in [-0.25, -0.2) is 4.99 Å². The van der Waals surface area contributed by atoms with Crippen molar-refractivity contribution in [1.29, 1.82) is 0 Å². The van der Waals surface area contributed by atoms with E-state index in [1.54, 1.807) is 7.11 Å². The van der Waals surface area contributed by atoms with Gasteiger partial charge in [-0.3, -0.25) is 0 Å². The number of halogens is 1. The van der Waals surface area contributed by atoms with Crippen LogP contribution in [0.4, 0.5) is 5.69 Å². The second-order valence-corrected chi connectivity index (χ2v) is 6.49. The van der Waals surface area contributed by atoms with Gasteiger partial charge in [-0.15, -0.1) is 28.3 Å². The second-order valence-electron chi connectivity index (χ2n) is 5.66. The van der Waals surface area contributed by atoms with Crippen LogP contribution in [0.1, 0.15) is 0 Å². The van der Waals surface area contributed by atoms with E-state index in [4.69, 9.17) is 19.2 Å². The van der Waals surface area contributed by atoms with Crippen LogP contribution in [0.25, 0.3) is 11.3 Å². The van der Waals surface area contributed by atoms with Crippen molar-refractivity contribution in [3.05, 3.63) is 52.6 Å². The van der Waals surface area contributed by atoms with E-state index in [2.05, 4.69) is 0 Å². The van der Waals surface area contributed by atoms with Gasteiger partial charge in [0.2, 0.25) is 6.79 Å². The van der Waals surface area contributed by atoms with E-state index in [1.807, 2.05) is 52.4 Å². The summed E-state index contributed by atoms with van der Waals surface area (Å²) in [6.07, 6.45) is 0. The number of rotatable bonds is 5. The number of benzene rings is 2. The molecule has 1 aromatic heterocycles. The first kappa shape index (κ1) is 19.5. The van der Waals surface area contributed by atoms with Crippen LogP contribution in [0.3, 0.4) is 0 Å². The third-order valence-corrected chi connectivity index (χ3v) is 4.95. The molecule has 1 N–H and O–H groups in total. The molecule has 1 aliphatic rings. The van der Waals surface area contributed by atoms with E-state index in [0.717, 1.165) is 39.0 Å². The molecule has 0 bridgehead atoms.